The van der Waals surface area contributed by atoms with Crippen molar-refractivity contribution in [3.8, 4) is 34.1 Å². The third-order valence-electron chi connectivity index (χ3n) is 8.77. The van der Waals surface area contributed by atoms with Gasteiger partial charge in [0.1, 0.15) is 5.82 Å². The minimum atomic E-state index is -0.119. The summed E-state index contributed by atoms with van der Waals surface area (Å²) in [5.41, 5.74) is 8.54. The van der Waals surface area contributed by atoms with E-state index in [1.165, 1.54) is 16.8 Å². The van der Waals surface area contributed by atoms with Crippen LogP contribution in [0.1, 0.15) is 51.1 Å². The third kappa shape index (κ3) is 5.57. The Bertz CT molecular complexity index is 2160. The zero-order valence-corrected chi connectivity index (χ0v) is 28.3. The average molecular weight is 695 g/mol. The summed E-state index contributed by atoms with van der Waals surface area (Å²) in [6.07, 6.45) is 3.65. The molecular weight excluding hydrogens is 659 g/mol. The molecule has 0 radical (unpaired) electrons. The van der Waals surface area contributed by atoms with E-state index in [0.29, 0.717) is 11.5 Å². The normalized spacial score (nSPS) is 11.6. The minimum absolute atomic E-state index is 0. The van der Waals surface area contributed by atoms with Gasteiger partial charge in [0, 0.05) is 34.2 Å². The summed E-state index contributed by atoms with van der Waals surface area (Å²) in [7, 11) is 0. The predicted octanol–water partition coefficient (Wildman–Crippen LogP) is 9.98. The molecule has 0 aliphatic carbocycles. The molecule has 0 fully saturated rings. The van der Waals surface area contributed by atoms with E-state index in [-0.39, 0.29) is 25.8 Å². The second kappa shape index (κ2) is 12.7. The van der Waals surface area contributed by atoms with Gasteiger partial charge in [-0.15, -0.1) is 35.7 Å². The van der Waals surface area contributed by atoms with Gasteiger partial charge in [0.2, 0.25) is 0 Å². The van der Waals surface area contributed by atoms with E-state index in [0.717, 1.165) is 57.4 Å². The maximum Gasteiger partial charge on any atom is 2.00 e. The van der Waals surface area contributed by atoms with Crippen LogP contribution in [-0.2, 0) is 32.3 Å². The van der Waals surface area contributed by atoms with Gasteiger partial charge in [0.05, 0.1) is 11.4 Å². The number of hydrogen-bond donors (Lipinski definition) is 0. The number of fused-ring (bicyclic) bond motifs is 3. The van der Waals surface area contributed by atoms with E-state index >= 15 is 0 Å². The van der Waals surface area contributed by atoms with Gasteiger partial charge in [-0.05, 0) is 60.2 Å². The number of aryl methyl sites for hydroxylation is 2. The molecule has 7 aromatic rings. The number of para-hydroxylation sites is 1. The van der Waals surface area contributed by atoms with E-state index in [9.17, 15) is 0 Å². The van der Waals surface area contributed by atoms with Gasteiger partial charge >= 0.3 is 20.4 Å². The van der Waals surface area contributed by atoms with Crippen LogP contribution in [0.15, 0.2) is 103 Å². The molecule has 232 valence electrons. The number of ether oxygens (including phenoxy) is 1. The Kier molecular flexibility index (Phi) is 8.70. The molecule has 0 unspecified atom stereocenters. The number of benzene rings is 4. The smallest absolute Gasteiger partial charge is 0.509 e. The summed E-state index contributed by atoms with van der Waals surface area (Å²) >= 11 is 0. The van der Waals surface area contributed by atoms with Crippen molar-refractivity contribution in [1.29, 1.82) is 0 Å². The number of hydrogen-bond acceptors (Lipinski definition) is 3. The molecule has 0 spiro atoms. The molecule has 0 saturated carbocycles. The van der Waals surface area contributed by atoms with Gasteiger partial charge in [-0.1, -0.05) is 81.7 Å². The first-order valence-electron chi connectivity index (χ1n) is 15.6. The largest absolute Gasteiger partial charge is 2.00 e. The summed E-state index contributed by atoms with van der Waals surface area (Å²) in [5.74, 6) is 2.07. The minimum Gasteiger partial charge on any atom is -0.509 e. The molecule has 7 rings (SSSR count). The second-order valence-corrected chi connectivity index (χ2v) is 12.2. The summed E-state index contributed by atoms with van der Waals surface area (Å²) in [5, 5.41) is 7.42. The van der Waals surface area contributed by atoms with Gasteiger partial charge < -0.3 is 9.30 Å². The molecule has 4 aromatic carbocycles. The van der Waals surface area contributed by atoms with Crippen molar-refractivity contribution in [3.05, 3.63) is 132 Å². The quantitative estimate of drug-likeness (QED) is 0.118. The van der Waals surface area contributed by atoms with Gasteiger partial charge in [0.25, 0.3) is 0 Å². The summed E-state index contributed by atoms with van der Waals surface area (Å²) in [6.45, 7) is 11.1. The first-order valence-corrected chi connectivity index (χ1v) is 15.6. The molecule has 46 heavy (non-hydrogen) atoms. The standard InChI is InChI=1S/C40H36N4O.Pd/c1-6-34-38(28-14-9-8-10-15-28)39(40(4,5)7-2)44(42-34)29-16-13-17-30(25-29)45-31-20-21-33-32-18-11-12-19-35(32)43(36(33)26-31)37-24-27(3)22-23-41-37;/h8-24H,6-7H2,1-5H3;/q-2;+2. The van der Waals surface area contributed by atoms with E-state index in [1.807, 2.05) is 30.5 Å². The van der Waals surface area contributed by atoms with Gasteiger partial charge in [-0.25, -0.2) is 4.98 Å². The Morgan fingerprint density at radius 1 is 0.804 bits per heavy atom. The van der Waals surface area contributed by atoms with Crippen molar-refractivity contribution >= 4 is 21.8 Å². The maximum atomic E-state index is 6.47. The van der Waals surface area contributed by atoms with E-state index in [1.54, 1.807) is 0 Å². The molecule has 5 nitrogen and oxygen atoms in total. The van der Waals surface area contributed by atoms with Crippen LogP contribution in [0.25, 0.3) is 44.4 Å². The van der Waals surface area contributed by atoms with E-state index in [2.05, 4.69) is 129 Å². The first kappa shape index (κ1) is 31.5. The Morgan fingerprint density at radius 3 is 2.33 bits per heavy atom. The van der Waals surface area contributed by atoms with Crippen LogP contribution in [-0.4, -0.2) is 19.3 Å². The Labute approximate surface area is 284 Å². The van der Waals surface area contributed by atoms with Crippen LogP contribution in [0.3, 0.4) is 0 Å². The number of aromatic nitrogens is 4. The maximum absolute atomic E-state index is 6.47. The molecule has 0 amide bonds. The Morgan fingerprint density at radius 2 is 1.57 bits per heavy atom. The molecule has 6 heteroatoms. The Balaban J connectivity index is 0.00000372. The SMILES string of the molecule is CCc1nn(-c2[c-]c(Oc3[c-]c4c(cc3)c3ccccc3n4-c3cc(C)ccn3)ccc2)c(C(C)(C)CC)c1-c1ccccc1.[Pd+2]. The number of rotatable bonds is 8. The van der Waals surface area contributed by atoms with E-state index < -0.39 is 0 Å². The van der Waals surface area contributed by atoms with Crippen molar-refractivity contribution in [2.45, 2.75) is 52.9 Å². The van der Waals surface area contributed by atoms with Crippen molar-refractivity contribution in [2.24, 2.45) is 0 Å². The van der Waals surface area contributed by atoms with Crippen molar-refractivity contribution in [1.82, 2.24) is 19.3 Å². The topological polar surface area (TPSA) is 44.9 Å². The fourth-order valence-electron chi connectivity index (χ4n) is 6.14. The van der Waals surface area contributed by atoms with Crippen molar-refractivity contribution in [2.75, 3.05) is 0 Å². The third-order valence-corrected chi connectivity index (χ3v) is 8.77. The molecule has 0 N–H and O–H groups in total. The summed E-state index contributed by atoms with van der Waals surface area (Å²) < 4.78 is 10.7. The molecule has 0 aliphatic rings. The summed E-state index contributed by atoms with van der Waals surface area (Å²) in [6, 6.07) is 40.3. The second-order valence-electron chi connectivity index (χ2n) is 12.2. The fourth-order valence-corrected chi connectivity index (χ4v) is 6.14. The average Bonchev–Trinajstić information content (AvgIpc) is 3.62. The monoisotopic (exact) mass is 694 g/mol. The van der Waals surface area contributed by atoms with Crippen molar-refractivity contribution < 1.29 is 25.2 Å². The predicted molar refractivity (Wildman–Crippen MR) is 183 cm³/mol. The Hall–Kier alpha value is -4.50. The first-order chi connectivity index (χ1) is 21.9. The molecule has 0 aliphatic heterocycles. The molecule has 0 bridgehead atoms. The van der Waals surface area contributed by atoms with Gasteiger partial charge in [-0.2, -0.15) is 17.2 Å². The molecule has 3 aromatic heterocycles. The van der Waals surface area contributed by atoms with Crippen LogP contribution in [0.5, 0.6) is 11.5 Å². The van der Waals surface area contributed by atoms with Crippen molar-refractivity contribution in [3.63, 3.8) is 0 Å². The van der Waals surface area contributed by atoms with Gasteiger partial charge in [0.15, 0.2) is 0 Å². The molecule has 0 saturated heterocycles. The van der Waals surface area contributed by atoms with Gasteiger partial charge in [-0.3, -0.25) is 4.68 Å². The zero-order valence-electron chi connectivity index (χ0n) is 26.7. The fraction of sp³-hybridized carbons (Fsp3) is 0.200. The summed E-state index contributed by atoms with van der Waals surface area (Å²) in [4.78, 5) is 4.70. The number of pyridine rings is 1. The van der Waals surface area contributed by atoms with Crippen LogP contribution >= 0.6 is 0 Å². The van der Waals surface area contributed by atoms with Crippen LogP contribution in [0.2, 0.25) is 0 Å². The number of nitrogens with zero attached hydrogens (tertiary/aromatic N) is 4. The van der Waals surface area contributed by atoms with Crippen LogP contribution in [0, 0.1) is 19.1 Å². The van der Waals surface area contributed by atoms with E-state index in [4.69, 9.17) is 14.8 Å². The zero-order chi connectivity index (χ0) is 31.1. The molecule has 0 atom stereocenters. The molecule has 3 heterocycles. The van der Waals surface area contributed by atoms with Crippen LogP contribution in [0.4, 0.5) is 0 Å². The van der Waals surface area contributed by atoms with Crippen LogP contribution < -0.4 is 4.74 Å². The molecular formula is C40H36N4OPd.